The smallest absolute Gasteiger partial charge is 0.170 e. The molecule has 1 aromatic rings. The minimum atomic E-state index is -0.600. The normalized spacial score (nSPS) is 19.6. The van der Waals surface area contributed by atoms with Gasteiger partial charge in [-0.15, -0.1) is 0 Å². The van der Waals surface area contributed by atoms with E-state index < -0.39 is 5.92 Å². The van der Waals surface area contributed by atoms with E-state index in [4.69, 9.17) is 4.74 Å². The monoisotopic (exact) mass is 328 g/mol. The van der Waals surface area contributed by atoms with Gasteiger partial charge in [0.2, 0.25) is 0 Å². The van der Waals surface area contributed by atoms with Crippen LogP contribution in [0, 0.1) is 5.92 Å². The van der Waals surface area contributed by atoms with Crippen LogP contribution in [-0.2, 0) is 9.59 Å². The molecule has 1 N–H and O–H groups in total. The topological polar surface area (TPSA) is 63.6 Å². The van der Waals surface area contributed by atoms with Gasteiger partial charge in [0.25, 0.3) is 0 Å². The molecule has 1 aromatic carbocycles. The molecule has 2 aliphatic rings. The van der Waals surface area contributed by atoms with Crippen molar-refractivity contribution in [1.29, 1.82) is 0 Å². The Morgan fingerprint density at radius 1 is 1.12 bits per heavy atom. The molecule has 0 heterocycles. The van der Waals surface area contributed by atoms with Crippen molar-refractivity contribution in [3.05, 3.63) is 34.9 Å². The molecule has 0 amide bonds. The number of carbonyl (C=O) groups excluding carboxylic acids is 2. The van der Waals surface area contributed by atoms with Crippen molar-refractivity contribution in [2.45, 2.75) is 51.9 Å². The highest BCUT2D eigenvalue weighted by molar-refractivity contribution is 6.25. The lowest BCUT2D eigenvalue weighted by molar-refractivity contribution is -0.127. The largest absolute Gasteiger partial charge is 0.504 e. The van der Waals surface area contributed by atoms with Crippen LogP contribution in [-0.4, -0.2) is 23.3 Å². The van der Waals surface area contributed by atoms with Gasteiger partial charge in [-0.3, -0.25) is 9.59 Å². The Labute approximate surface area is 142 Å². The molecule has 0 saturated heterocycles. The van der Waals surface area contributed by atoms with Gasteiger partial charge in [0, 0.05) is 17.1 Å². The van der Waals surface area contributed by atoms with E-state index in [0.29, 0.717) is 18.8 Å². The lowest BCUT2D eigenvalue weighted by Gasteiger charge is -2.22. The summed E-state index contributed by atoms with van der Waals surface area (Å²) in [5.41, 5.74) is 2.43. The summed E-state index contributed by atoms with van der Waals surface area (Å²) in [5, 5.41) is 9.89. The molecule has 0 aliphatic heterocycles. The van der Waals surface area contributed by atoms with Gasteiger partial charge in [-0.2, -0.15) is 0 Å². The molecule has 0 bridgehead atoms. The van der Waals surface area contributed by atoms with Crippen molar-refractivity contribution in [2.75, 3.05) is 6.61 Å². The SMILES string of the molecule is CCOc1cc(C(CC)C2C(=O)C3=C(CCCC3)C2=O)ccc1O. The first-order valence-electron chi connectivity index (χ1n) is 8.84. The Morgan fingerprint density at radius 2 is 1.75 bits per heavy atom. The van der Waals surface area contributed by atoms with Gasteiger partial charge in [-0.25, -0.2) is 0 Å². The number of carbonyl (C=O) groups is 2. The Bertz CT molecular complexity index is 674. The van der Waals surface area contributed by atoms with E-state index in [0.717, 1.165) is 42.4 Å². The number of rotatable bonds is 5. The molecule has 24 heavy (non-hydrogen) atoms. The minimum absolute atomic E-state index is 0.0209. The van der Waals surface area contributed by atoms with Crippen LogP contribution >= 0.6 is 0 Å². The fourth-order valence-electron chi connectivity index (χ4n) is 4.01. The molecule has 0 spiro atoms. The molecular weight excluding hydrogens is 304 g/mol. The first kappa shape index (κ1) is 16.7. The fourth-order valence-corrected chi connectivity index (χ4v) is 4.01. The number of benzene rings is 1. The second-order valence-corrected chi connectivity index (χ2v) is 6.55. The van der Waals surface area contributed by atoms with Crippen molar-refractivity contribution < 1.29 is 19.4 Å². The van der Waals surface area contributed by atoms with Gasteiger partial charge in [-0.05, 0) is 56.7 Å². The predicted molar refractivity (Wildman–Crippen MR) is 91.3 cm³/mol. The first-order chi connectivity index (χ1) is 11.6. The van der Waals surface area contributed by atoms with Crippen molar-refractivity contribution in [3.63, 3.8) is 0 Å². The fraction of sp³-hybridized carbons (Fsp3) is 0.500. The van der Waals surface area contributed by atoms with E-state index in [-0.39, 0.29) is 23.2 Å². The van der Waals surface area contributed by atoms with Gasteiger partial charge in [0.15, 0.2) is 23.1 Å². The number of phenolic OH excluding ortho intramolecular Hbond substituents is 1. The second-order valence-electron chi connectivity index (χ2n) is 6.55. The van der Waals surface area contributed by atoms with Crippen molar-refractivity contribution in [2.24, 2.45) is 5.92 Å². The van der Waals surface area contributed by atoms with E-state index in [2.05, 4.69) is 0 Å². The van der Waals surface area contributed by atoms with Crippen molar-refractivity contribution in [1.82, 2.24) is 0 Å². The van der Waals surface area contributed by atoms with Crippen LogP contribution in [0.2, 0.25) is 0 Å². The number of allylic oxidation sites excluding steroid dienone is 2. The van der Waals surface area contributed by atoms with Crippen molar-refractivity contribution in [3.8, 4) is 11.5 Å². The first-order valence-corrected chi connectivity index (χ1v) is 8.84. The zero-order valence-corrected chi connectivity index (χ0v) is 14.3. The van der Waals surface area contributed by atoms with Crippen LogP contribution in [0.25, 0.3) is 0 Å². The number of ether oxygens (including phenoxy) is 1. The summed E-state index contributed by atoms with van der Waals surface area (Å²) in [7, 11) is 0. The quantitative estimate of drug-likeness (QED) is 0.832. The number of hydrogen-bond acceptors (Lipinski definition) is 4. The van der Waals surface area contributed by atoms with Gasteiger partial charge < -0.3 is 9.84 Å². The summed E-state index contributed by atoms with van der Waals surface area (Å²) < 4.78 is 5.45. The second kappa shape index (κ2) is 6.80. The number of Topliss-reactive ketones (excluding diaryl/α,β-unsaturated/α-hetero) is 2. The summed E-state index contributed by atoms with van der Waals surface area (Å²) >= 11 is 0. The predicted octanol–water partition coefficient (Wildman–Crippen LogP) is 3.92. The standard InChI is InChI=1S/C20H24O4/c1-3-13(12-9-10-16(21)17(11-12)24-4-2)18-19(22)14-7-5-6-8-15(14)20(18)23/h9-11,13,18,21H,3-8H2,1-2H3. The highest BCUT2D eigenvalue weighted by Gasteiger charge is 2.45. The van der Waals surface area contributed by atoms with Crippen LogP contribution < -0.4 is 4.74 Å². The summed E-state index contributed by atoms with van der Waals surface area (Å²) in [5.74, 6) is -0.242. The van der Waals surface area contributed by atoms with Gasteiger partial charge in [0.05, 0.1) is 12.5 Å². The van der Waals surface area contributed by atoms with Crippen LogP contribution in [0.3, 0.4) is 0 Å². The van der Waals surface area contributed by atoms with Crippen LogP contribution in [0.1, 0.15) is 57.4 Å². The molecule has 4 nitrogen and oxygen atoms in total. The average Bonchev–Trinajstić information content (AvgIpc) is 2.84. The van der Waals surface area contributed by atoms with E-state index in [1.165, 1.54) is 0 Å². The lowest BCUT2D eigenvalue weighted by Crippen LogP contribution is -2.25. The maximum Gasteiger partial charge on any atom is 0.170 e. The molecule has 3 rings (SSSR count). The van der Waals surface area contributed by atoms with E-state index in [1.807, 2.05) is 13.8 Å². The van der Waals surface area contributed by atoms with Gasteiger partial charge in [-0.1, -0.05) is 13.0 Å². The molecule has 0 aromatic heterocycles. The molecular formula is C20H24O4. The van der Waals surface area contributed by atoms with Crippen LogP contribution in [0.15, 0.2) is 29.3 Å². The molecule has 128 valence electrons. The van der Waals surface area contributed by atoms with Crippen molar-refractivity contribution >= 4 is 11.6 Å². The van der Waals surface area contributed by atoms with Crippen LogP contribution in [0.5, 0.6) is 11.5 Å². The maximum absolute atomic E-state index is 12.8. The zero-order chi connectivity index (χ0) is 17.3. The van der Waals surface area contributed by atoms with E-state index in [9.17, 15) is 14.7 Å². The summed E-state index contributed by atoms with van der Waals surface area (Å²) in [6.07, 6.45) is 4.17. The van der Waals surface area contributed by atoms with E-state index in [1.54, 1.807) is 18.2 Å². The molecule has 1 atom stereocenters. The minimum Gasteiger partial charge on any atom is -0.504 e. The zero-order valence-electron chi connectivity index (χ0n) is 14.3. The van der Waals surface area contributed by atoms with Gasteiger partial charge >= 0.3 is 0 Å². The number of aromatic hydroxyl groups is 1. The lowest BCUT2D eigenvalue weighted by atomic mass is 9.80. The summed E-state index contributed by atoms with van der Waals surface area (Å²) in [4.78, 5) is 25.7. The Morgan fingerprint density at radius 3 is 2.29 bits per heavy atom. The Kier molecular flexibility index (Phi) is 4.74. The average molecular weight is 328 g/mol. The third kappa shape index (κ3) is 2.74. The molecule has 0 saturated carbocycles. The Balaban J connectivity index is 1.94. The van der Waals surface area contributed by atoms with E-state index >= 15 is 0 Å². The molecule has 0 radical (unpaired) electrons. The van der Waals surface area contributed by atoms with Gasteiger partial charge in [0.1, 0.15) is 0 Å². The number of hydrogen-bond donors (Lipinski definition) is 1. The maximum atomic E-state index is 12.8. The molecule has 2 aliphatic carbocycles. The number of ketones is 2. The van der Waals surface area contributed by atoms with Crippen LogP contribution in [0.4, 0.5) is 0 Å². The molecule has 0 fully saturated rings. The number of phenols is 1. The summed E-state index contributed by atoms with van der Waals surface area (Å²) in [6, 6.07) is 5.15. The third-order valence-electron chi connectivity index (χ3n) is 5.18. The Hall–Kier alpha value is -2.10. The summed E-state index contributed by atoms with van der Waals surface area (Å²) in [6.45, 7) is 4.30. The highest BCUT2D eigenvalue weighted by Crippen LogP contribution is 2.43. The highest BCUT2D eigenvalue weighted by atomic mass is 16.5. The third-order valence-corrected chi connectivity index (χ3v) is 5.18. The molecule has 4 heteroatoms. The molecule has 1 unspecified atom stereocenters.